The molecule has 0 N–H and O–H groups in total. The number of likely N-dealkylation sites (tertiary alicyclic amines) is 1. The molecule has 0 aromatic carbocycles. The molecule has 0 bridgehead atoms. The predicted molar refractivity (Wildman–Crippen MR) is 69.6 cm³/mol. The first-order valence-electron chi connectivity index (χ1n) is 6.93. The standard InChI is InChI=1S/C14H25NO3/c1-13(17-2)4-3-7-15(10-13)11-14(12-16)5-8-18-9-6-14/h12H,3-11H2,1-2H3. The Morgan fingerprint density at radius 2 is 2.06 bits per heavy atom. The summed E-state index contributed by atoms with van der Waals surface area (Å²) in [6.45, 7) is 6.47. The highest BCUT2D eigenvalue weighted by Gasteiger charge is 2.38. The first-order valence-corrected chi connectivity index (χ1v) is 6.93. The summed E-state index contributed by atoms with van der Waals surface area (Å²) in [5, 5.41) is 0. The van der Waals surface area contributed by atoms with Crippen molar-refractivity contribution in [1.29, 1.82) is 0 Å². The lowest BCUT2D eigenvalue weighted by atomic mass is 9.80. The van der Waals surface area contributed by atoms with Gasteiger partial charge in [0.2, 0.25) is 0 Å². The number of piperidine rings is 1. The van der Waals surface area contributed by atoms with Crippen molar-refractivity contribution >= 4 is 6.29 Å². The quantitative estimate of drug-likeness (QED) is 0.713. The fourth-order valence-electron chi connectivity index (χ4n) is 3.15. The molecule has 0 saturated carbocycles. The second-order valence-electron chi connectivity index (χ2n) is 6.06. The molecule has 4 heteroatoms. The summed E-state index contributed by atoms with van der Waals surface area (Å²) in [4.78, 5) is 13.9. The topological polar surface area (TPSA) is 38.8 Å². The summed E-state index contributed by atoms with van der Waals surface area (Å²) in [5.74, 6) is 0. The van der Waals surface area contributed by atoms with Gasteiger partial charge in [0.15, 0.2) is 0 Å². The Labute approximate surface area is 110 Å². The summed E-state index contributed by atoms with van der Waals surface area (Å²) in [6, 6.07) is 0. The molecule has 0 spiro atoms. The minimum absolute atomic E-state index is 0.0481. The van der Waals surface area contributed by atoms with Crippen molar-refractivity contribution in [2.75, 3.05) is 40.0 Å². The number of rotatable bonds is 4. The monoisotopic (exact) mass is 255 g/mol. The maximum absolute atomic E-state index is 11.5. The van der Waals surface area contributed by atoms with Gasteiger partial charge < -0.3 is 14.3 Å². The average Bonchev–Trinajstić information content (AvgIpc) is 2.40. The molecule has 0 aromatic heterocycles. The summed E-state index contributed by atoms with van der Waals surface area (Å²) in [6.07, 6.45) is 5.13. The van der Waals surface area contributed by atoms with Crippen molar-refractivity contribution in [1.82, 2.24) is 4.90 Å². The molecule has 18 heavy (non-hydrogen) atoms. The van der Waals surface area contributed by atoms with E-state index in [1.54, 1.807) is 7.11 Å². The van der Waals surface area contributed by atoms with Crippen LogP contribution < -0.4 is 0 Å². The van der Waals surface area contributed by atoms with Gasteiger partial charge in [-0.05, 0) is 39.2 Å². The number of carbonyl (C=O) groups is 1. The molecule has 2 heterocycles. The van der Waals surface area contributed by atoms with E-state index in [-0.39, 0.29) is 11.0 Å². The Balaban J connectivity index is 1.97. The molecular weight excluding hydrogens is 230 g/mol. The molecule has 2 saturated heterocycles. The van der Waals surface area contributed by atoms with Crippen LogP contribution in [-0.4, -0.2) is 56.7 Å². The second kappa shape index (κ2) is 5.68. The van der Waals surface area contributed by atoms with Gasteiger partial charge in [-0.2, -0.15) is 0 Å². The highest BCUT2D eigenvalue weighted by atomic mass is 16.5. The van der Waals surface area contributed by atoms with E-state index < -0.39 is 0 Å². The molecule has 2 aliphatic rings. The van der Waals surface area contributed by atoms with Gasteiger partial charge in [-0.15, -0.1) is 0 Å². The van der Waals surface area contributed by atoms with Crippen LogP contribution in [0.4, 0.5) is 0 Å². The Morgan fingerprint density at radius 1 is 1.33 bits per heavy atom. The molecular formula is C14H25NO3. The molecule has 0 radical (unpaired) electrons. The molecule has 1 unspecified atom stereocenters. The Bertz CT molecular complexity index is 289. The van der Waals surface area contributed by atoms with Crippen LogP contribution in [0.3, 0.4) is 0 Å². The fraction of sp³-hybridized carbons (Fsp3) is 0.929. The van der Waals surface area contributed by atoms with Crippen LogP contribution >= 0.6 is 0 Å². The van der Waals surface area contributed by atoms with E-state index in [4.69, 9.17) is 9.47 Å². The van der Waals surface area contributed by atoms with Crippen LogP contribution in [0.2, 0.25) is 0 Å². The minimum Gasteiger partial charge on any atom is -0.381 e. The van der Waals surface area contributed by atoms with E-state index in [2.05, 4.69) is 11.8 Å². The van der Waals surface area contributed by atoms with Crippen LogP contribution in [0.1, 0.15) is 32.6 Å². The molecule has 0 amide bonds. The number of carbonyl (C=O) groups excluding carboxylic acids is 1. The van der Waals surface area contributed by atoms with Crippen LogP contribution in [0.25, 0.3) is 0 Å². The van der Waals surface area contributed by atoms with Crippen LogP contribution in [0.5, 0.6) is 0 Å². The smallest absolute Gasteiger partial charge is 0.127 e. The van der Waals surface area contributed by atoms with Crippen molar-refractivity contribution in [2.45, 2.75) is 38.2 Å². The van der Waals surface area contributed by atoms with Gasteiger partial charge in [0.1, 0.15) is 6.29 Å². The van der Waals surface area contributed by atoms with Gasteiger partial charge in [-0.3, -0.25) is 4.90 Å². The number of ether oxygens (including phenoxy) is 2. The van der Waals surface area contributed by atoms with Gasteiger partial charge in [0, 0.05) is 38.8 Å². The SMILES string of the molecule is COC1(C)CCCN(CC2(C=O)CCOCC2)C1. The Morgan fingerprint density at radius 3 is 2.67 bits per heavy atom. The van der Waals surface area contributed by atoms with Crippen molar-refractivity contribution < 1.29 is 14.3 Å². The Kier molecular flexibility index (Phi) is 4.41. The van der Waals surface area contributed by atoms with E-state index in [1.807, 2.05) is 0 Å². The van der Waals surface area contributed by atoms with Crippen LogP contribution in [0, 0.1) is 5.41 Å². The number of nitrogens with zero attached hydrogens (tertiary/aromatic N) is 1. The largest absolute Gasteiger partial charge is 0.381 e. The van der Waals surface area contributed by atoms with E-state index in [1.165, 1.54) is 0 Å². The number of hydrogen-bond donors (Lipinski definition) is 0. The molecule has 2 fully saturated rings. The summed E-state index contributed by atoms with van der Waals surface area (Å²) >= 11 is 0. The summed E-state index contributed by atoms with van der Waals surface area (Å²) in [5.41, 5.74) is -0.238. The molecule has 0 aromatic rings. The van der Waals surface area contributed by atoms with Gasteiger partial charge in [-0.25, -0.2) is 0 Å². The third kappa shape index (κ3) is 3.11. The lowest BCUT2D eigenvalue weighted by Gasteiger charge is -2.43. The lowest BCUT2D eigenvalue weighted by Crippen LogP contribution is -2.52. The van der Waals surface area contributed by atoms with Crippen LogP contribution in [-0.2, 0) is 14.3 Å². The highest BCUT2D eigenvalue weighted by molar-refractivity contribution is 5.60. The third-order valence-corrected chi connectivity index (χ3v) is 4.51. The second-order valence-corrected chi connectivity index (χ2v) is 6.06. The molecule has 2 rings (SSSR count). The van der Waals surface area contributed by atoms with Crippen LogP contribution in [0.15, 0.2) is 0 Å². The van der Waals surface area contributed by atoms with Crippen molar-refractivity contribution in [2.24, 2.45) is 5.41 Å². The van der Waals surface area contributed by atoms with Gasteiger partial charge >= 0.3 is 0 Å². The molecule has 1 atom stereocenters. The molecule has 2 aliphatic heterocycles. The van der Waals surface area contributed by atoms with Crippen molar-refractivity contribution in [3.63, 3.8) is 0 Å². The molecule has 4 nitrogen and oxygen atoms in total. The Hall–Kier alpha value is -0.450. The zero-order chi connectivity index (χ0) is 13.1. The van der Waals surface area contributed by atoms with Crippen molar-refractivity contribution in [3.05, 3.63) is 0 Å². The van der Waals surface area contributed by atoms with Gasteiger partial charge in [-0.1, -0.05) is 0 Å². The van der Waals surface area contributed by atoms with Gasteiger partial charge in [0.25, 0.3) is 0 Å². The first-order chi connectivity index (χ1) is 8.61. The highest BCUT2D eigenvalue weighted by Crippen LogP contribution is 2.32. The average molecular weight is 255 g/mol. The summed E-state index contributed by atoms with van der Waals surface area (Å²) < 4.78 is 11.0. The first kappa shape index (κ1) is 14.0. The normalized spacial score (nSPS) is 33.2. The molecule has 0 aliphatic carbocycles. The number of aldehydes is 1. The fourth-order valence-corrected chi connectivity index (χ4v) is 3.15. The van der Waals surface area contributed by atoms with Crippen molar-refractivity contribution in [3.8, 4) is 0 Å². The minimum atomic E-state index is -0.190. The van der Waals surface area contributed by atoms with E-state index >= 15 is 0 Å². The third-order valence-electron chi connectivity index (χ3n) is 4.51. The maximum atomic E-state index is 11.5. The zero-order valence-corrected chi connectivity index (χ0v) is 11.6. The van der Waals surface area contributed by atoms with E-state index in [9.17, 15) is 4.79 Å². The van der Waals surface area contributed by atoms with Gasteiger partial charge in [0.05, 0.1) is 5.60 Å². The van der Waals surface area contributed by atoms with E-state index in [0.29, 0.717) is 13.2 Å². The summed E-state index contributed by atoms with van der Waals surface area (Å²) in [7, 11) is 1.79. The number of methoxy groups -OCH3 is 1. The maximum Gasteiger partial charge on any atom is 0.127 e. The molecule has 104 valence electrons. The zero-order valence-electron chi connectivity index (χ0n) is 11.6. The lowest BCUT2D eigenvalue weighted by molar-refractivity contribution is -0.125. The van der Waals surface area contributed by atoms with E-state index in [0.717, 1.165) is 51.6 Å². The predicted octanol–water partition coefficient (Wildman–Crippen LogP) is 1.48. The number of hydrogen-bond acceptors (Lipinski definition) is 4.